The summed E-state index contributed by atoms with van der Waals surface area (Å²) < 4.78 is 3.75. The molecule has 1 aromatic carbocycles. The predicted octanol–water partition coefficient (Wildman–Crippen LogP) is 2.08. The Bertz CT molecular complexity index is 990. The fourth-order valence-electron chi connectivity index (χ4n) is 2.40. The minimum absolute atomic E-state index is 0.355. The highest BCUT2D eigenvalue weighted by Gasteiger charge is 2.06. The van der Waals surface area contributed by atoms with Crippen LogP contribution in [0.15, 0.2) is 71.5 Å². The van der Waals surface area contributed by atoms with Crippen LogP contribution >= 0.6 is 0 Å². The van der Waals surface area contributed by atoms with E-state index in [2.05, 4.69) is 21.9 Å². The van der Waals surface area contributed by atoms with E-state index in [1.807, 2.05) is 61.1 Å². The normalized spacial score (nSPS) is 13.2. The van der Waals surface area contributed by atoms with Crippen molar-refractivity contribution in [2.75, 3.05) is 6.54 Å². The lowest BCUT2D eigenvalue weighted by atomic mass is 10.2. The van der Waals surface area contributed by atoms with E-state index in [-0.39, 0.29) is 0 Å². The molecule has 2 heterocycles. The van der Waals surface area contributed by atoms with E-state index in [4.69, 9.17) is 5.73 Å². The Morgan fingerprint density at radius 1 is 1.33 bits per heavy atom. The number of hydrogen-bond donors (Lipinski definition) is 1. The molecule has 2 N–H and O–H groups in total. The highest BCUT2D eigenvalue weighted by molar-refractivity contribution is 5.75. The Kier molecular flexibility index (Phi) is 4.39. The van der Waals surface area contributed by atoms with Crippen LogP contribution in [-0.2, 0) is 7.05 Å². The van der Waals surface area contributed by atoms with Crippen molar-refractivity contribution in [3.63, 3.8) is 0 Å². The minimum atomic E-state index is 0.355. The Hall–Kier alpha value is -2.99. The first kappa shape index (κ1) is 15.9. The van der Waals surface area contributed by atoms with E-state index in [0.717, 1.165) is 33.5 Å². The number of nitrogens with zero attached hydrogens (tertiary/aromatic N) is 5. The summed E-state index contributed by atoms with van der Waals surface area (Å²) in [5.41, 5.74) is 11.1. The number of pyridine rings is 1. The molecule has 0 atom stereocenters. The molecule has 6 heteroatoms. The van der Waals surface area contributed by atoms with Crippen molar-refractivity contribution in [3.05, 3.63) is 72.0 Å². The molecule has 0 bridgehead atoms. The fraction of sp³-hybridized carbons (Fsp3) is 0.167. The number of fused-ring (bicyclic) bond motifs is 1. The third-order valence-corrected chi connectivity index (χ3v) is 3.91. The first-order valence-electron chi connectivity index (χ1n) is 7.68. The quantitative estimate of drug-likeness (QED) is 0.748. The fourth-order valence-corrected chi connectivity index (χ4v) is 2.40. The summed E-state index contributed by atoms with van der Waals surface area (Å²) in [5, 5.41) is 8.45. The number of aromatic nitrogens is 4. The number of aryl methyl sites for hydroxylation is 1. The SMILES string of the molecule is C=C/C(C)=C(CN)\N=c1\cc(-n2nnc3ccccc32)ccn1C. The molecule has 0 saturated heterocycles. The van der Waals surface area contributed by atoms with Crippen LogP contribution in [0.25, 0.3) is 16.7 Å². The maximum Gasteiger partial charge on any atom is 0.134 e. The van der Waals surface area contributed by atoms with Gasteiger partial charge in [-0.2, -0.15) is 0 Å². The van der Waals surface area contributed by atoms with Gasteiger partial charge < -0.3 is 10.3 Å². The highest BCUT2D eigenvalue weighted by atomic mass is 15.4. The van der Waals surface area contributed by atoms with Crippen molar-refractivity contribution in [3.8, 4) is 5.69 Å². The molecular weight excluding hydrogens is 300 g/mol. The zero-order valence-corrected chi connectivity index (χ0v) is 13.8. The maximum atomic E-state index is 5.82. The monoisotopic (exact) mass is 320 g/mol. The summed E-state index contributed by atoms with van der Waals surface area (Å²) in [6, 6.07) is 11.8. The molecule has 0 aliphatic heterocycles. The van der Waals surface area contributed by atoms with Crippen molar-refractivity contribution in [1.29, 1.82) is 0 Å². The summed E-state index contributed by atoms with van der Waals surface area (Å²) >= 11 is 0. The van der Waals surface area contributed by atoms with Gasteiger partial charge in [-0.3, -0.25) is 0 Å². The molecule has 0 fully saturated rings. The van der Waals surface area contributed by atoms with Gasteiger partial charge in [0.05, 0.1) is 16.9 Å². The van der Waals surface area contributed by atoms with Gasteiger partial charge in [0.25, 0.3) is 0 Å². The summed E-state index contributed by atoms with van der Waals surface area (Å²) in [6.45, 7) is 6.09. The number of allylic oxidation sites excluding steroid dienone is 2. The van der Waals surface area contributed by atoms with Gasteiger partial charge in [-0.25, -0.2) is 9.67 Å². The third-order valence-electron chi connectivity index (χ3n) is 3.91. The number of benzene rings is 1. The molecule has 0 spiro atoms. The van der Waals surface area contributed by atoms with Crippen LogP contribution in [0.3, 0.4) is 0 Å². The zero-order valence-electron chi connectivity index (χ0n) is 13.8. The molecule has 24 heavy (non-hydrogen) atoms. The van der Waals surface area contributed by atoms with Gasteiger partial charge in [0.15, 0.2) is 0 Å². The first-order chi connectivity index (χ1) is 11.6. The average molecular weight is 320 g/mol. The number of rotatable bonds is 4. The van der Waals surface area contributed by atoms with E-state index in [1.165, 1.54) is 0 Å². The summed E-state index contributed by atoms with van der Waals surface area (Å²) in [5.74, 6) is 0. The molecule has 0 saturated carbocycles. The Morgan fingerprint density at radius 2 is 2.12 bits per heavy atom. The van der Waals surface area contributed by atoms with E-state index < -0.39 is 0 Å². The van der Waals surface area contributed by atoms with E-state index in [1.54, 1.807) is 10.8 Å². The molecule has 0 radical (unpaired) electrons. The number of para-hydroxylation sites is 1. The second-order valence-electron chi connectivity index (χ2n) is 5.49. The Morgan fingerprint density at radius 3 is 2.88 bits per heavy atom. The highest BCUT2D eigenvalue weighted by Crippen LogP contribution is 2.14. The lowest BCUT2D eigenvalue weighted by molar-refractivity contribution is 0.786. The van der Waals surface area contributed by atoms with Crippen molar-refractivity contribution < 1.29 is 0 Å². The van der Waals surface area contributed by atoms with Crippen LogP contribution in [0.2, 0.25) is 0 Å². The topological polar surface area (TPSA) is 74.0 Å². The van der Waals surface area contributed by atoms with E-state index in [9.17, 15) is 0 Å². The van der Waals surface area contributed by atoms with Crippen LogP contribution < -0.4 is 11.2 Å². The second kappa shape index (κ2) is 6.64. The molecular formula is C18H20N6. The van der Waals surface area contributed by atoms with Crippen molar-refractivity contribution in [1.82, 2.24) is 19.6 Å². The third kappa shape index (κ3) is 2.91. The van der Waals surface area contributed by atoms with Gasteiger partial charge in [-0.15, -0.1) is 5.10 Å². The minimum Gasteiger partial charge on any atom is -0.336 e. The van der Waals surface area contributed by atoms with Crippen molar-refractivity contribution in [2.45, 2.75) is 6.92 Å². The van der Waals surface area contributed by atoms with Gasteiger partial charge in [0, 0.05) is 25.9 Å². The van der Waals surface area contributed by atoms with Gasteiger partial charge in [0.2, 0.25) is 0 Å². The smallest absolute Gasteiger partial charge is 0.134 e. The first-order valence-corrected chi connectivity index (χ1v) is 7.68. The van der Waals surface area contributed by atoms with Crippen LogP contribution in [-0.4, -0.2) is 26.1 Å². The second-order valence-corrected chi connectivity index (χ2v) is 5.49. The molecule has 0 aliphatic carbocycles. The van der Waals surface area contributed by atoms with Crippen molar-refractivity contribution in [2.24, 2.45) is 17.8 Å². The standard InChI is InChI=1S/C18H20N6/c1-4-13(2)16(12-19)20-18-11-14(9-10-23(18)3)24-17-8-6-5-7-15(17)21-22-24/h4-11H,1,12,19H2,2-3H3/b16-13-,20-18-. The van der Waals surface area contributed by atoms with Crippen LogP contribution in [0.4, 0.5) is 0 Å². The van der Waals surface area contributed by atoms with Gasteiger partial charge in [-0.05, 0) is 30.7 Å². The van der Waals surface area contributed by atoms with Crippen LogP contribution in [0, 0.1) is 0 Å². The van der Waals surface area contributed by atoms with Gasteiger partial charge in [-0.1, -0.05) is 30.0 Å². The zero-order chi connectivity index (χ0) is 17.1. The largest absolute Gasteiger partial charge is 0.336 e. The van der Waals surface area contributed by atoms with Crippen LogP contribution in [0.5, 0.6) is 0 Å². The molecule has 0 unspecified atom stereocenters. The molecule has 122 valence electrons. The van der Waals surface area contributed by atoms with Crippen LogP contribution in [0.1, 0.15) is 6.92 Å². The number of nitrogens with two attached hydrogens (primary N) is 1. The van der Waals surface area contributed by atoms with Gasteiger partial charge in [0.1, 0.15) is 11.0 Å². The summed E-state index contributed by atoms with van der Waals surface area (Å²) in [4.78, 5) is 4.68. The molecule has 6 nitrogen and oxygen atoms in total. The average Bonchev–Trinajstić information content (AvgIpc) is 3.04. The maximum absolute atomic E-state index is 5.82. The summed E-state index contributed by atoms with van der Waals surface area (Å²) in [7, 11) is 1.94. The molecule has 0 amide bonds. The molecule has 3 rings (SSSR count). The molecule has 3 aromatic rings. The Labute approximate surface area is 140 Å². The lowest BCUT2D eigenvalue weighted by Crippen LogP contribution is -2.20. The van der Waals surface area contributed by atoms with Gasteiger partial charge >= 0.3 is 0 Å². The summed E-state index contributed by atoms with van der Waals surface area (Å²) in [6.07, 6.45) is 3.71. The van der Waals surface area contributed by atoms with E-state index in [0.29, 0.717) is 6.54 Å². The molecule has 0 aliphatic rings. The predicted molar refractivity (Wildman–Crippen MR) is 95.4 cm³/mol. The van der Waals surface area contributed by atoms with Crippen molar-refractivity contribution >= 4 is 11.0 Å². The molecule has 2 aromatic heterocycles. The Balaban J connectivity index is 2.18. The number of hydrogen-bond acceptors (Lipinski definition) is 4. The van der Waals surface area contributed by atoms with E-state index >= 15 is 0 Å². The lowest BCUT2D eigenvalue weighted by Gasteiger charge is -2.07.